The van der Waals surface area contributed by atoms with Crippen LogP contribution in [0.3, 0.4) is 0 Å². The number of hydrogen-bond donors (Lipinski definition) is 2. The minimum Gasteiger partial charge on any atom is -0.444 e. The van der Waals surface area contributed by atoms with Crippen LogP contribution in [0.25, 0.3) is 0 Å². The number of benzene rings is 1. The van der Waals surface area contributed by atoms with E-state index in [-0.39, 0.29) is 18.9 Å². The van der Waals surface area contributed by atoms with Crippen LogP contribution >= 0.6 is 23.4 Å². The Bertz CT molecular complexity index is 643. The van der Waals surface area contributed by atoms with E-state index in [4.69, 9.17) is 16.3 Å². The molecule has 1 aromatic rings. The number of carbonyl (C=O) groups is 2. The molecule has 6 nitrogen and oxygen atoms in total. The Morgan fingerprint density at radius 3 is 2.58 bits per heavy atom. The fourth-order valence-electron chi connectivity index (χ4n) is 2.46. The number of hydrogen-bond acceptors (Lipinski definition) is 5. The highest BCUT2D eigenvalue weighted by atomic mass is 35.5. The predicted octanol–water partition coefficient (Wildman–Crippen LogP) is 3.75. The normalized spacial score (nSPS) is 14.7. The van der Waals surface area contributed by atoms with Gasteiger partial charge in [-0.15, -0.1) is 0 Å². The zero-order valence-corrected chi connectivity index (χ0v) is 17.0. The van der Waals surface area contributed by atoms with Crippen molar-refractivity contribution in [3.05, 3.63) is 23.2 Å². The monoisotopic (exact) mass is 399 g/mol. The van der Waals surface area contributed by atoms with Gasteiger partial charge in [0.1, 0.15) is 5.60 Å². The van der Waals surface area contributed by atoms with Crippen LogP contribution in [0.15, 0.2) is 18.2 Å². The third-order valence-corrected chi connectivity index (χ3v) is 4.85. The number of ether oxygens (including phenoxy) is 1. The molecule has 1 aliphatic rings. The van der Waals surface area contributed by atoms with E-state index in [0.717, 1.165) is 30.3 Å². The lowest BCUT2D eigenvalue weighted by atomic mass is 10.2. The summed E-state index contributed by atoms with van der Waals surface area (Å²) in [5, 5.41) is 5.99. The first kappa shape index (κ1) is 20.7. The average Bonchev–Trinajstić information content (AvgIpc) is 2.54. The Labute approximate surface area is 164 Å². The maximum absolute atomic E-state index is 12.0. The Kier molecular flexibility index (Phi) is 7.46. The molecule has 0 aliphatic carbocycles. The van der Waals surface area contributed by atoms with E-state index in [1.54, 1.807) is 26.8 Å². The summed E-state index contributed by atoms with van der Waals surface area (Å²) in [5.41, 5.74) is 1.08. The fraction of sp³-hybridized carbons (Fsp3) is 0.556. The molecule has 1 heterocycles. The number of carbonyl (C=O) groups excluding carboxylic acids is 2. The molecule has 144 valence electrons. The van der Waals surface area contributed by atoms with Crippen LogP contribution in [-0.2, 0) is 9.53 Å². The number of alkyl carbamates (subject to hydrolysis) is 1. The van der Waals surface area contributed by atoms with E-state index < -0.39 is 11.7 Å². The van der Waals surface area contributed by atoms with Crippen molar-refractivity contribution < 1.29 is 14.3 Å². The van der Waals surface area contributed by atoms with Gasteiger partial charge in [-0.1, -0.05) is 11.6 Å². The second-order valence-corrected chi connectivity index (χ2v) is 8.62. The minimum atomic E-state index is -0.558. The molecular formula is C18H26ClN3O3S. The van der Waals surface area contributed by atoms with Gasteiger partial charge in [0.15, 0.2) is 0 Å². The summed E-state index contributed by atoms with van der Waals surface area (Å²) in [6, 6.07) is 5.55. The van der Waals surface area contributed by atoms with Crippen molar-refractivity contribution in [3.8, 4) is 0 Å². The van der Waals surface area contributed by atoms with E-state index in [9.17, 15) is 9.59 Å². The summed E-state index contributed by atoms with van der Waals surface area (Å²) in [6.07, 6.45) is -0.375. The first-order valence-corrected chi connectivity index (χ1v) is 10.2. The molecule has 2 rings (SSSR count). The number of halogens is 1. The minimum absolute atomic E-state index is 0.155. The number of amides is 2. The zero-order valence-electron chi connectivity index (χ0n) is 15.4. The van der Waals surface area contributed by atoms with Gasteiger partial charge in [0.25, 0.3) is 0 Å². The van der Waals surface area contributed by atoms with Gasteiger partial charge in [-0.05, 0) is 39.0 Å². The average molecular weight is 400 g/mol. The molecule has 26 heavy (non-hydrogen) atoms. The molecule has 2 N–H and O–H groups in total. The van der Waals surface area contributed by atoms with Crippen molar-refractivity contribution in [2.45, 2.75) is 32.8 Å². The molecular weight excluding hydrogens is 374 g/mol. The maximum atomic E-state index is 12.0. The van der Waals surface area contributed by atoms with E-state index in [2.05, 4.69) is 15.5 Å². The molecule has 0 bridgehead atoms. The van der Waals surface area contributed by atoms with Gasteiger partial charge in [0.05, 0.1) is 10.7 Å². The summed E-state index contributed by atoms with van der Waals surface area (Å²) in [5.74, 6) is 2.00. The highest BCUT2D eigenvalue weighted by molar-refractivity contribution is 7.99. The van der Waals surface area contributed by atoms with Crippen molar-refractivity contribution in [1.82, 2.24) is 5.32 Å². The van der Waals surface area contributed by atoms with Gasteiger partial charge in [0, 0.05) is 43.2 Å². The summed E-state index contributed by atoms with van der Waals surface area (Å²) in [7, 11) is 0. The van der Waals surface area contributed by atoms with Gasteiger partial charge >= 0.3 is 6.09 Å². The molecule has 1 fully saturated rings. The highest BCUT2D eigenvalue weighted by Gasteiger charge is 2.17. The SMILES string of the molecule is CC(C)(C)OC(=O)NCCC(=O)Nc1ccc(N2CCSCC2)c(Cl)c1. The molecule has 0 unspecified atom stereocenters. The molecule has 0 aromatic heterocycles. The highest BCUT2D eigenvalue weighted by Crippen LogP contribution is 2.30. The quantitative estimate of drug-likeness (QED) is 0.789. The topological polar surface area (TPSA) is 70.7 Å². The number of nitrogens with zero attached hydrogens (tertiary/aromatic N) is 1. The smallest absolute Gasteiger partial charge is 0.407 e. The van der Waals surface area contributed by atoms with Crippen molar-refractivity contribution in [2.75, 3.05) is 41.4 Å². The van der Waals surface area contributed by atoms with Crippen LogP contribution in [0, 0.1) is 0 Å². The maximum Gasteiger partial charge on any atom is 0.407 e. The van der Waals surface area contributed by atoms with Crippen molar-refractivity contribution in [3.63, 3.8) is 0 Å². The Morgan fingerprint density at radius 2 is 1.96 bits per heavy atom. The molecule has 0 spiro atoms. The van der Waals surface area contributed by atoms with Gasteiger partial charge in [-0.3, -0.25) is 4.79 Å². The lowest BCUT2D eigenvalue weighted by Crippen LogP contribution is -2.34. The van der Waals surface area contributed by atoms with Gasteiger partial charge in [0.2, 0.25) is 5.91 Å². The molecule has 2 amide bonds. The van der Waals surface area contributed by atoms with Crippen LogP contribution in [-0.4, -0.2) is 48.7 Å². The third kappa shape index (κ3) is 6.96. The first-order valence-electron chi connectivity index (χ1n) is 8.63. The number of nitrogens with one attached hydrogen (secondary N) is 2. The summed E-state index contributed by atoms with van der Waals surface area (Å²) in [6.45, 7) is 7.52. The van der Waals surface area contributed by atoms with Crippen LogP contribution in [0.2, 0.25) is 5.02 Å². The summed E-state index contributed by atoms with van der Waals surface area (Å²) < 4.78 is 5.12. The Balaban J connectivity index is 1.80. The Morgan fingerprint density at radius 1 is 1.27 bits per heavy atom. The number of anilines is 2. The summed E-state index contributed by atoms with van der Waals surface area (Å²) in [4.78, 5) is 25.8. The predicted molar refractivity (Wildman–Crippen MR) is 108 cm³/mol. The van der Waals surface area contributed by atoms with E-state index in [0.29, 0.717) is 10.7 Å². The second kappa shape index (κ2) is 9.37. The van der Waals surface area contributed by atoms with Gasteiger partial charge in [-0.2, -0.15) is 11.8 Å². The van der Waals surface area contributed by atoms with E-state index in [1.165, 1.54) is 0 Å². The molecule has 1 aliphatic heterocycles. The molecule has 0 radical (unpaired) electrons. The van der Waals surface area contributed by atoms with Crippen LogP contribution < -0.4 is 15.5 Å². The molecule has 0 atom stereocenters. The van der Waals surface area contributed by atoms with Crippen molar-refractivity contribution >= 4 is 46.7 Å². The summed E-state index contributed by atoms with van der Waals surface area (Å²) >= 11 is 8.32. The first-order chi connectivity index (χ1) is 12.2. The second-order valence-electron chi connectivity index (χ2n) is 6.99. The molecule has 0 saturated carbocycles. The number of rotatable bonds is 5. The van der Waals surface area contributed by atoms with Crippen molar-refractivity contribution in [1.29, 1.82) is 0 Å². The van der Waals surface area contributed by atoms with Gasteiger partial charge < -0.3 is 20.3 Å². The van der Waals surface area contributed by atoms with E-state index >= 15 is 0 Å². The molecule has 1 aromatic carbocycles. The van der Waals surface area contributed by atoms with E-state index in [1.807, 2.05) is 23.9 Å². The Hall–Kier alpha value is -1.60. The van der Waals surface area contributed by atoms with Crippen LogP contribution in [0.5, 0.6) is 0 Å². The molecule has 8 heteroatoms. The zero-order chi connectivity index (χ0) is 19.2. The largest absolute Gasteiger partial charge is 0.444 e. The molecule has 1 saturated heterocycles. The standard InChI is InChI=1S/C18H26ClN3O3S/c1-18(2,3)25-17(24)20-7-6-16(23)21-13-4-5-15(14(19)12-13)22-8-10-26-11-9-22/h4-5,12H,6-11H2,1-3H3,(H,20,24)(H,21,23). The lowest BCUT2D eigenvalue weighted by molar-refractivity contribution is -0.116. The fourth-order valence-corrected chi connectivity index (χ4v) is 3.66. The van der Waals surface area contributed by atoms with Crippen LogP contribution in [0.1, 0.15) is 27.2 Å². The lowest BCUT2D eigenvalue weighted by Gasteiger charge is -2.29. The van der Waals surface area contributed by atoms with Gasteiger partial charge in [-0.25, -0.2) is 4.79 Å². The number of thioether (sulfide) groups is 1. The third-order valence-electron chi connectivity index (χ3n) is 3.60. The van der Waals surface area contributed by atoms with Crippen LogP contribution in [0.4, 0.5) is 16.2 Å². The van der Waals surface area contributed by atoms with Crippen molar-refractivity contribution in [2.24, 2.45) is 0 Å².